The van der Waals surface area contributed by atoms with Gasteiger partial charge in [-0.2, -0.15) is 10.1 Å². The number of hydrogen-bond donors (Lipinski definition) is 1. The summed E-state index contributed by atoms with van der Waals surface area (Å²) in [5, 5.41) is 10.0. The number of carbonyl (C=O) groups excluding carboxylic acids is 1. The third-order valence-corrected chi connectivity index (χ3v) is 4.32. The maximum absolute atomic E-state index is 11.9. The summed E-state index contributed by atoms with van der Waals surface area (Å²) in [4.78, 5) is 11.9. The number of anilines is 1. The molecule has 4 heteroatoms. The molecule has 2 amide bonds. The van der Waals surface area contributed by atoms with E-state index in [-0.39, 0.29) is 0 Å². The van der Waals surface area contributed by atoms with Crippen LogP contribution in [0.15, 0.2) is 90.0 Å². The summed E-state index contributed by atoms with van der Waals surface area (Å²) in [6, 6.07) is 27.0. The molecule has 4 rings (SSSR count). The zero-order chi connectivity index (χ0) is 17.9. The molecule has 4 aromatic rings. The normalized spacial score (nSPS) is 11.2. The second-order valence-corrected chi connectivity index (χ2v) is 5.96. The van der Waals surface area contributed by atoms with Gasteiger partial charge in [0.1, 0.15) is 0 Å². The van der Waals surface area contributed by atoms with E-state index in [1.807, 2.05) is 42.5 Å². The van der Waals surface area contributed by atoms with Gasteiger partial charge in [-0.25, -0.2) is 4.79 Å². The van der Waals surface area contributed by atoms with Crippen molar-refractivity contribution in [1.82, 2.24) is 0 Å². The molecule has 126 valence electrons. The van der Waals surface area contributed by atoms with Gasteiger partial charge in [0.25, 0.3) is 0 Å². The summed E-state index contributed by atoms with van der Waals surface area (Å²) in [6.45, 7) is 0. The van der Waals surface area contributed by atoms with E-state index in [1.54, 1.807) is 18.3 Å². The second-order valence-electron chi connectivity index (χ2n) is 5.96. The van der Waals surface area contributed by atoms with E-state index < -0.39 is 6.03 Å². The molecule has 0 heterocycles. The predicted molar refractivity (Wildman–Crippen MR) is 108 cm³/mol. The summed E-state index contributed by atoms with van der Waals surface area (Å²) < 4.78 is 0. The molecule has 0 fully saturated rings. The number of nitrogens with zero attached hydrogens (tertiary/aromatic N) is 2. The summed E-state index contributed by atoms with van der Waals surface area (Å²) in [6.07, 6.45) is 1.71. The molecule has 0 aromatic heterocycles. The van der Waals surface area contributed by atoms with Crippen molar-refractivity contribution in [2.24, 2.45) is 10.8 Å². The molecule has 4 aromatic carbocycles. The summed E-state index contributed by atoms with van der Waals surface area (Å²) in [7, 11) is 0. The molecule has 4 nitrogen and oxygen atoms in total. The Morgan fingerprint density at radius 3 is 1.92 bits per heavy atom. The van der Waals surface area contributed by atoms with Crippen molar-refractivity contribution in [3.05, 3.63) is 90.5 Å². The lowest BCUT2D eigenvalue weighted by Gasteiger charge is -2.14. The van der Waals surface area contributed by atoms with Crippen molar-refractivity contribution in [2.45, 2.75) is 0 Å². The van der Waals surface area contributed by atoms with E-state index in [0.29, 0.717) is 5.69 Å². The Labute approximate surface area is 151 Å². The Kier molecular flexibility index (Phi) is 4.07. The van der Waals surface area contributed by atoms with E-state index in [0.717, 1.165) is 27.1 Å². The quantitative estimate of drug-likeness (QED) is 0.322. The topological polar surface area (TPSA) is 58.7 Å². The third kappa shape index (κ3) is 2.89. The van der Waals surface area contributed by atoms with Crippen LogP contribution in [0.1, 0.15) is 5.56 Å². The number of rotatable bonds is 3. The number of primary amides is 1. The van der Waals surface area contributed by atoms with E-state index in [4.69, 9.17) is 5.73 Å². The van der Waals surface area contributed by atoms with Gasteiger partial charge in [0.05, 0.1) is 11.9 Å². The molecular weight excluding hydrogens is 322 g/mol. The lowest BCUT2D eigenvalue weighted by molar-refractivity contribution is 0.254. The molecule has 2 N–H and O–H groups in total. The average Bonchev–Trinajstić information content (AvgIpc) is 2.68. The van der Waals surface area contributed by atoms with E-state index in [1.165, 1.54) is 5.01 Å². The second kappa shape index (κ2) is 6.69. The first-order chi connectivity index (χ1) is 12.7. The van der Waals surface area contributed by atoms with Crippen molar-refractivity contribution in [1.29, 1.82) is 0 Å². The maximum Gasteiger partial charge on any atom is 0.340 e. The smallest absolute Gasteiger partial charge is 0.340 e. The zero-order valence-electron chi connectivity index (χ0n) is 14.0. The molecule has 0 saturated heterocycles. The minimum atomic E-state index is -0.628. The van der Waals surface area contributed by atoms with Crippen LogP contribution < -0.4 is 10.7 Å². The molecule has 0 aliphatic rings. The molecule has 0 aliphatic carbocycles. The van der Waals surface area contributed by atoms with Gasteiger partial charge in [0, 0.05) is 5.56 Å². The average molecular weight is 339 g/mol. The fraction of sp³-hybridized carbons (Fsp3) is 0. The van der Waals surface area contributed by atoms with Crippen LogP contribution >= 0.6 is 0 Å². The van der Waals surface area contributed by atoms with Crippen LogP contribution in [0.5, 0.6) is 0 Å². The number of hydrazone groups is 1. The van der Waals surface area contributed by atoms with Crippen LogP contribution in [-0.4, -0.2) is 12.2 Å². The van der Waals surface area contributed by atoms with Crippen molar-refractivity contribution in [3.63, 3.8) is 0 Å². The lowest BCUT2D eigenvalue weighted by Crippen LogP contribution is -2.31. The summed E-state index contributed by atoms with van der Waals surface area (Å²) in [5.74, 6) is 0. The number of amides is 2. The number of benzene rings is 4. The predicted octanol–water partition coefficient (Wildman–Crippen LogP) is 4.91. The molecule has 0 bridgehead atoms. The highest BCUT2D eigenvalue weighted by molar-refractivity contribution is 6.13. The van der Waals surface area contributed by atoms with Crippen molar-refractivity contribution in [3.8, 4) is 0 Å². The van der Waals surface area contributed by atoms with Crippen LogP contribution in [0.25, 0.3) is 21.5 Å². The highest BCUT2D eigenvalue weighted by atomic mass is 16.2. The van der Waals surface area contributed by atoms with Gasteiger partial charge in [0.15, 0.2) is 0 Å². The maximum atomic E-state index is 11.9. The SMILES string of the molecule is NC(=O)N(/N=C/c1c2ccccc2cc2ccccc12)c1ccccc1. The van der Waals surface area contributed by atoms with Gasteiger partial charge < -0.3 is 5.73 Å². The Balaban J connectivity index is 1.89. The zero-order valence-corrected chi connectivity index (χ0v) is 14.0. The fourth-order valence-corrected chi connectivity index (χ4v) is 3.12. The first-order valence-corrected chi connectivity index (χ1v) is 8.33. The van der Waals surface area contributed by atoms with Crippen molar-refractivity contribution < 1.29 is 4.79 Å². The standard InChI is InChI=1S/C22H17N3O/c23-22(26)25(18-10-2-1-3-11-18)24-15-21-19-12-6-4-8-16(19)14-17-9-5-7-13-20(17)21/h1-15H,(H2,23,26)/b24-15+. The van der Waals surface area contributed by atoms with Gasteiger partial charge in [-0.1, -0.05) is 66.7 Å². The first-order valence-electron chi connectivity index (χ1n) is 8.33. The highest BCUT2D eigenvalue weighted by Gasteiger charge is 2.11. The largest absolute Gasteiger partial charge is 0.350 e. The molecule has 0 unspecified atom stereocenters. The van der Waals surface area contributed by atoms with Gasteiger partial charge in [0.2, 0.25) is 0 Å². The molecule has 26 heavy (non-hydrogen) atoms. The molecule has 0 spiro atoms. The Bertz CT molecular complexity index is 1070. The number of carbonyl (C=O) groups is 1. The number of urea groups is 1. The fourth-order valence-electron chi connectivity index (χ4n) is 3.12. The van der Waals surface area contributed by atoms with Gasteiger partial charge >= 0.3 is 6.03 Å². The minimum absolute atomic E-state index is 0.626. The van der Waals surface area contributed by atoms with Crippen molar-refractivity contribution >= 4 is 39.5 Å². The number of nitrogens with two attached hydrogens (primary N) is 1. The Morgan fingerprint density at radius 1 is 0.808 bits per heavy atom. The number of fused-ring (bicyclic) bond motifs is 2. The van der Waals surface area contributed by atoms with Crippen LogP contribution in [-0.2, 0) is 0 Å². The van der Waals surface area contributed by atoms with Crippen LogP contribution in [0.3, 0.4) is 0 Å². The van der Waals surface area contributed by atoms with E-state index in [9.17, 15) is 4.79 Å². The lowest BCUT2D eigenvalue weighted by atomic mass is 9.97. The first kappa shape index (κ1) is 15.8. The van der Waals surface area contributed by atoms with Crippen LogP contribution in [0.4, 0.5) is 10.5 Å². The van der Waals surface area contributed by atoms with Crippen molar-refractivity contribution in [2.75, 3.05) is 5.01 Å². The van der Waals surface area contributed by atoms with Gasteiger partial charge in [-0.3, -0.25) is 0 Å². The molecule has 0 saturated carbocycles. The van der Waals surface area contributed by atoms with Gasteiger partial charge in [-0.05, 0) is 39.7 Å². The molecular formula is C22H17N3O. The number of hydrogen-bond acceptors (Lipinski definition) is 2. The summed E-state index contributed by atoms with van der Waals surface area (Å²) in [5.41, 5.74) is 7.12. The third-order valence-electron chi connectivity index (χ3n) is 4.32. The molecule has 0 radical (unpaired) electrons. The Hall–Kier alpha value is -3.66. The van der Waals surface area contributed by atoms with E-state index in [2.05, 4.69) is 35.4 Å². The molecule has 0 aliphatic heterocycles. The minimum Gasteiger partial charge on any atom is -0.350 e. The Morgan fingerprint density at radius 2 is 1.35 bits per heavy atom. The van der Waals surface area contributed by atoms with E-state index >= 15 is 0 Å². The number of para-hydroxylation sites is 1. The van der Waals surface area contributed by atoms with Gasteiger partial charge in [-0.15, -0.1) is 0 Å². The molecule has 0 atom stereocenters. The van der Waals surface area contributed by atoms with Crippen LogP contribution in [0, 0.1) is 0 Å². The summed E-state index contributed by atoms with van der Waals surface area (Å²) >= 11 is 0. The highest BCUT2D eigenvalue weighted by Crippen LogP contribution is 2.27. The monoisotopic (exact) mass is 339 g/mol. The van der Waals surface area contributed by atoms with Crippen LogP contribution in [0.2, 0.25) is 0 Å².